The Morgan fingerprint density at radius 1 is 1.45 bits per heavy atom. The second kappa shape index (κ2) is 7.69. The molecule has 0 fully saturated rings. The Kier molecular flexibility index (Phi) is 6.24. The summed E-state index contributed by atoms with van der Waals surface area (Å²) in [6, 6.07) is 7.01. The van der Waals surface area contributed by atoms with Crippen LogP contribution in [0, 0.1) is 0 Å². The molecule has 0 aliphatic rings. The molecule has 0 spiro atoms. The molecule has 0 aromatic heterocycles. The van der Waals surface area contributed by atoms with Gasteiger partial charge < -0.3 is 15.2 Å². The Morgan fingerprint density at radius 3 is 2.65 bits per heavy atom. The summed E-state index contributed by atoms with van der Waals surface area (Å²) in [5.41, 5.74) is 0.308. The van der Waals surface area contributed by atoms with E-state index >= 15 is 0 Å². The third-order valence-corrected chi connectivity index (χ3v) is 3.22. The number of hydrogen-bond donors (Lipinski definition) is 2. The molecule has 0 heterocycles. The molecule has 2 N–H and O–H groups in total. The standard InChI is InChI=1S/C14H16BrNO4/c1-3-9(2)20-13(17)8-12(14(18)19)16-11-7-5-4-6-10(11)15/h4-9,16H,3H2,1-2H3,(H,18,19). The van der Waals surface area contributed by atoms with E-state index < -0.39 is 11.9 Å². The van der Waals surface area contributed by atoms with E-state index in [0.717, 1.165) is 6.08 Å². The molecule has 1 aromatic rings. The molecule has 0 saturated carbocycles. The van der Waals surface area contributed by atoms with Crippen LogP contribution in [-0.4, -0.2) is 23.1 Å². The van der Waals surface area contributed by atoms with Crippen LogP contribution in [0.5, 0.6) is 0 Å². The first-order valence-electron chi connectivity index (χ1n) is 6.11. The minimum Gasteiger partial charge on any atom is -0.477 e. The number of esters is 1. The molecule has 0 amide bonds. The zero-order valence-corrected chi connectivity index (χ0v) is 12.8. The number of nitrogens with one attached hydrogen (secondary N) is 1. The average Bonchev–Trinajstić information content (AvgIpc) is 2.40. The van der Waals surface area contributed by atoms with Crippen LogP contribution < -0.4 is 5.32 Å². The summed E-state index contributed by atoms with van der Waals surface area (Å²) in [5.74, 6) is -1.92. The van der Waals surface area contributed by atoms with Crippen molar-refractivity contribution in [3.05, 3.63) is 40.5 Å². The molecule has 1 atom stereocenters. The summed E-state index contributed by atoms with van der Waals surface area (Å²) in [7, 11) is 0. The van der Waals surface area contributed by atoms with E-state index in [2.05, 4.69) is 21.2 Å². The fraction of sp³-hybridized carbons (Fsp3) is 0.286. The lowest BCUT2D eigenvalue weighted by molar-refractivity contribution is -0.143. The smallest absolute Gasteiger partial charge is 0.352 e. The third-order valence-electron chi connectivity index (χ3n) is 2.53. The number of rotatable bonds is 6. The summed E-state index contributed by atoms with van der Waals surface area (Å²) in [6.45, 7) is 3.62. The number of benzene rings is 1. The van der Waals surface area contributed by atoms with E-state index in [-0.39, 0.29) is 11.8 Å². The minimum absolute atomic E-state index is 0.245. The molecular weight excluding hydrogens is 326 g/mol. The summed E-state index contributed by atoms with van der Waals surface area (Å²) in [5, 5.41) is 11.8. The van der Waals surface area contributed by atoms with Gasteiger partial charge in [0.05, 0.1) is 17.9 Å². The maximum absolute atomic E-state index is 11.6. The van der Waals surface area contributed by atoms with Crippen LogP contribution in [0.4, 0.5) is 5.69 Å². The average molecular weight is 342 g/mol. The van der Waals surface area contributed by atoms with Gasteiger partial charge in [0.1, 0.15) is 5.70 Å². The van der Waals surface area contributed by atoms with E-state index in [9.17, 15) is 9.59 Å². The van der Waals surface area contributed by atoms with Crippen molar-refractivity contribution in [1.82, 2.24) is 0 Å². The predicted octanol–water partition coefficient (Wildman–Crippen LogP) is 3.17. The van der Waals surface area contributed by atoms with Crippen molar-refractivity contribution in [2.45, 2.75) is 26.4 Å². The molecule has 108 valence electrons. The Bertz CT molecular complexity index is 528. The summed E-state index contributed by atoms with van der Waals surface area (Å²) >= 11 is 3.29. The second-order valence-electron chi connectivity index (χ2n) is 4.12. The van der Waals surface area contributed by atoms with Gasteiger partial charge in [0.2, 0.25) is 0 Å². The normalized spacial score (nSPS) is 12.7. The first-order chi connectivity index (χ1) is 9.43. The van der Waals surface area contributed by atoms with Crippen LogP contribution in [-0.2, 0) is 14.3 Å². The quantitative estimate of drug-likeness (QED) is 0.613. The van der Waals surface area contributed by atoms with Crippen molar-refractivity contribution in [2.24, 2.45) is 0 Å². The van der Waals surface area contributed by atoms with Crippen molar-refractivity contribution in [3.63, 3.8) is 0 Å². The molecule has 0 aliphatic carbocycles. The second-order valence-corrected chi connectivity index (χ2v) is 4.98. The van der Waals surface area contributed by atoms with Gasteiger partial charge in [-0.2, -0.15) is 0 Å². The lowest BCUT2D eigenvalue weighted by atomic mass is 10.3. The first kappa shape index (κ1) is 16.2. The molecule has 0 bridgehead atoms. The minimum atomic E-state index is -1.23. The summed E-state index contributed by atoms with van der Waals surface area (Å²) in [4.78, 5) is 22.7. The van der Waals surface area contributed by atoms with Crippen LogP contribution in [0.1, 0.15) is 20.3 Å². The molecule has 0 radical (unpaired) electrons. The van der Waals surface area contributed by atoms with Gasteiger partial charge in [0.25, 0.3) is 0 Å². The Balaban J connectivity index is 2.87. The van der Waals surface area contributed by atoms with E-state index in [1.165, 1.54) is 0 Å². The van der Waals surface area contributed by atoms with Crippen LogP contribution in [0.25, 0.3) is 0 Å². The fourth-order valence-corrected chi connectivity index (χ4v) is 1.68. The molecule has 0 saturated heterocycles. The summed E-state index contributed by atoms with van der Waals surface area (Å²) in [6.07, 6.45) is 1.35. The zero-order chi connectivity index (χ0) is 15.1. The maximum Gasteiger partial charge on any atom is 0.352 e. The molecule has 0 aliphatic heterocycles. The largest absolute Gasteiger partial charge is 0.477 e. The molecular formula is C14H16BrNO4. The number of halogens is 1. The van der Waals surface area contributed by atoms with Gasteiger partial charge in [-0.25, -0.2) is 9.59 Å². The number of carbonyl (C=O) groups is 2. The lowest BCUT2D eigenvalue weighted by Crippen LogP contribution is -2.17. The highest BCUT2D eigenvalue weighted by molar-refractivity contribution is 9.10. The molecule has 1 aromatic carbocycles. The van der Waals surface area contributed by atoms with Gasteiger partial charge in [0.15, 0.2) is 0 Å². The predicted molar refractivity (Wildman–Crippen MR) is 79.3 cm³/mol. The SMILES string of the molecule is CCC(C)OC(=O)C=C(Nc1ccccc1Br)C(=O)O. The maximum atomic E-state index is 11.6. The highest BCUT2D eigenvalue weighted by Gasteiger charge is 2.13. The first-order valence-corrected chi connectivity index (χ1v) is 6.90. The third kappa shape index (κ3) is 5.05. The highest BCUT2D eigenvalue weighted by Crippen LogP contribution is 2.22. The number of aliphatic carboxylic acids is 1. The molecule has 1 unspecified atom stereocenters. The Hall–Kier alpha value is -1.82. The monoisotopic (exact) mass is 341 g/mol. The molecule has 6 heteroatoms. The fourth-order valence-electron chi connectivity index (χ4n) is 1.29. The number of hydrogen-bond acceptors (Lipinski definition) is 4. The van der Waals surface area contributed by atoms with Gasteiger partial charge in [-0.15, -0.1) is 0 Å². The van der Waals surface area contributed by atoms with E-state index in [1.807, 2.05) is 6.92 Å². The van der Waals surface area contributed by atoms with Crippen molar-refractivity contribution in [2.75, 3.05) is 5.32 Å². The van der Waals surface area contributed by atoms with Crippen molar-refractivity contribution in [3.8, 4) is 0 Å². The van der Waals surface area contributed by atoms with Gasteiger partial charge in [-0.3, -0.25) is 0 Å². The van der Waals surface area contributed by atoms with Crippen LogP contribution in [0.2, 0.25) is 0 Å². The van der Waals surface area contributed by atoms with Crippen molar-refractivity contribution in [1.29, 1.82) is 0 Å². The van der Waals surface area contributed by atoms with Gasteiger partial charge in [0, 0.05) is 4.47 Å². The molecule has 1 rings (SSSR count). The molecule has 20 heavy (non-hydrogen) atoms. The van der Waals surface area contributed by atoms with Crippen LogP contribution in [0.15, 0.2) is 40.5 Å². The van der Waals surface area contributed by atoms with Gasteiger partial charge in [-0.1, -0.05) is 19.1 Å². The number of carboxylic acids is 1. The molecule has 5 nitrogen and oxygen atoms in total. The summed E-state index contributed by atoms with van der Waals surface area (Å²) < 4.78 is 5.71. The number of carbonyl (C=O) groups excluding carboxylic acids is 1. The zero-order valence-electron chi connectivity index (χ0n) is 11.2. The van der Waals surface area contributed by atoms with Gasteiger partial charge >= 0.3 is 11.9 Å². The Morgan fingerprint density at radius 2 is 2.10 bits per heavy atom. The van der Waals surface area contributed by atoms with Crippen LogP contribution in [0.3, 0.4) is 0 Å². The number of carboxylic acid groups (broad SMARTS) is 1. The van der Waals surface area contributed by atoms with Crippen molar-refractivity contribution >= 4 is 33.6 Å². The number of para-hydroxylation sites is 1. The van der Waals surface area contributed by atoms with Crippen molar-refractivity contribution < 1.29 is 19.4 Å². The Labute approximate surface area is 125 Å². The lowest BCUT2D eigenvalue weighted by Gasteiger charge is -2.11. The number of ether oxygens (including phenoxy) is 1. The van der Waals surface area contributed by atoms with E-state index in [4.69, 9.17) is 9.84 Å². The van der Waals surface area contributed by atoms with Gasteiger partial charge in [-0.05, 0) is 41.4 Å². The number of anilines is 1. The van der Waals surface area contributed by atoms with Crippen LogP contribution >= 0.6 is 15.9 Å². The topological polar surface area (TPSA) is 75.6 Å². The highest BCUT2D eigenvalue weighted by atomic mass is 79.9. The van der Waals surface area contributed by atoms with E-state index in [1.54, 1.807) is 31.2 Å². The van der Waals surface area contributed by atoms with E-state index in [0.29, 0.717) is 16.6 Å².